The minimum atomic E-state index is 0.0564. The zero-order chi connectivity index (χ0) is 17.9. The van der Waals surface area contributed by atoms with Crippen LogP contribution in [0.1, 0.15) is 24.8 Å². The molecule has 6 nitrogen and oxygen atoms in total. The number of hydrogen-bond acceptors (Lipinski definition) is 5. The maximum Gasteiger partial charge on any atom is 0.222 e. The van der Waals surface area contributed by atoms with Crippen LogP contribution in [0.15, 0.2) is 31.0 Å². The number of pyridine rings is 1. The van der Waals surface area contributed by atoms with Crippen LogP contribution in [-0.4, -0.2) is 70.9 Å². The van der Waals surface area contributed by atoms with E-state index in [1.54, 1.807) is 6.20 Å². The van der Waals surface area contributed by atoms with E-state index in [4.69, 9.17) is 5.73 Å². The Morgan fingerprint density at radius 2 is 2.20 bits per heavy atom. The van der Waals surface area contributed by atoms with E-state index in [0.29, 0.717) is 18.8 Å². The molecule has 2 N–H and O–H groups in total. The highest BCUT2D eigenvalue weighted by Crippen LogP contribution is 2.32. The summed E-state index contributed by atoms with van der Waals surface area (Å²) in [5, 5.41) is 0. The molecule has 1 amide bonds. The topological polar surface area (TPSA) is 65.7 Å². The molecule has 2 aliphatic rings. The third kappa shape index (κ3) is 3.85. The highest BCUT2D eigenvalue weighted by atomic mass is 16.2. The largest absolute Gasteiger partial charge is 0.383 e. The van der Waals surface area contributed by atoms with Gasteiger partial charge in [-0.2, -0.15) is 0 Å². The number of anilines is 1. The van der Waals surface area contributed by atoms with Crippen LogP contribution in [0.3, 0.4) is 0 Å². The molecule has 0 saturated carbocycles. The summed E-state index contributed by atoms with van der Waals surface area (Å²) in [5.74, 6) is 0.863. The Balaban J connectivity index is 1.72. The van der Waals surface area contributed by atoms with Crippen molar-refractivity contribution in [1.82, 2.24) is 19.7 Å². The molecule has 1 aromatic heterocycles. The van der Waals surface area contributed by atoms with Crippen LogP contribution in [0.25, 0.3) is 0 Å². The van der Waals surface area contributed by atoms with E-state index in [1.807, 2.05) is 17.0 Å². The average Bonchev–Trinajstić information content (AvgIpc) is 2.75. The van der Waals surface area contributed by atoms with E-state index < -0.39 is 0 Å². The van der Waals surface area contributed by atoms with E-state index in [1.165, 1.54) is 0 Å². The fourth-order valence-electron chi connectivity index (χ4n) is 4.08. The van der Waals surface area contributed by atoms with Gasteiger partial charge in [0.2, 0.25) is 5.91 Å². The van der Waals surface area contributed by atoms with Crippen LogP contribution < -0.4 is 5.73 Å². The van der Waals surface area contributed by atoms with Crippen molar-refractivity contribution >= 4 is 11.7 Å². The molecule has 3 heterocycles. The maximum absolute atomic E-state index is 12.4. The number of nitrogen functional groups attached to an aromatic ring is 1. The molecular formula is C19H29N5O. The molecule has 6 heteroatoms. The van der Waals surface area contributed by atoms with Crippen LogP contribution >= 0.6 is 0 Å². The van der Waals surface area contributed by atoms with Crippen LogP contribution in [0, 0.1) is 0 Å². The first-order chi connectivity index (χ1) is 12.0. The smallest absolute Gasteiger partial charge is 0.222 e. The second kappa shape index (κ2) is 7.54. The number of nitrogens with zero attached hydrogens (tertiary/aromatic N) is 4. The van der Waals surface area contributed by atoms with Gasteiger partial charge in [-0.3, -0.25) is 14.6 Å². The average molecular weight is 343 g/mol. The highest BCUT2D eigenvalue weighted by Gasteiger charge is 2.42. The van der Waals surface area contributed by atoms with Crippen molar-refractivity contribution in [3.05, 3.63) is 36.5 Å². The number of aromatic nitrogens is 1. The number of nitrogens with two attached hydrogens (primary N) is 1. The molecule has 2 fully saturated rings. The number of carbonyl (C=O) groups is 1. The third-order valence-electron chi connectivity index (χ3n) is 5.75. The Bertz CT molecular complexity index is 634. The van der Waals surface area contributed by atoms with Gasteiger partial charge in [0.05, 0.1) is 0 Å². The summed E-state index contributed by atoms with van der Waals surface area (Å²) in [6.07, 6.45) is 6.07. The SMILES string of the molecule is C=CCN1CC[C@@]2(CCC1=O)CN(Cc1cccnc1N)CCN2C. The lowest BCUT2D eigenvalue weighted by atomic mass is 9.86. The first-order valence-electron chi connectivity index (χ1n) is 9.06. The van der Waals surface area contributed by atoms with Gasteiger partial charge in [0.25, 0.3) is 0 Å². The summed E-state index contributed by atoms with van der Waals surface area (Å²) >= 11 is 0. The number of carbonyl (C=O) groups excluding carboxylic acids is 1. The molecule has 0 radical (unpaired) electrons. The summed E-state index contributed by atoms with van der Waals surface area (Å²) in [7, 11) is 2.20. The Morgan fingerprint density at radius 3 is 2.96 bits per heavy atom. The molecule has 1 spiro atoms. The van der Waals surface area contributed by atoms with Crippen LogP contribution in [0.4, 0.5) is 5.82 Å². The first-order valence-corrected chi connectivity index (χ1v) is 9.06. The van der Waals surface area contributed by atoms with Crippen molar-refractivity contribution in [3.63, 3.8) is 0 Å². The van der Waals surface area contributed by atoms with E-state index >= 15 is 0 Å². The monoisotopic (exact) mass is 343 g/mol. The second-order valence-corrected chi connectivity index (χ2v) is 7.28. The number of likely N-dealkylation sites (tertiary alicyclic amines) is 1. The lowest BCUT2D eigenvalue weighted by Crippen LogP contribution is -2.60. The van der Waals surface area contributed by atoms with Crippen molar-refractivity contribution in [1.29, 1.82) is 0 Å². The number of likely N-dealkylation sites (N-methyl/N-ethyl adjacent to an activating group) is 1. The molecule has 0 aliphatic carbocycles. The van der Waals surface area contributed by atoms with Crippen molar-refractivity contribution in [2.75, 3.05) is 45.5 Å². The van der Waals surface area contributed by atoms with Gasteiger partial charge in [-0.15, -0.1) is 6.58 Å². The number of rotatable bonds is 4. The molecule has 2 saturated heterocycles. The van der Waals surface area contributed by atoms with Crippen molar-refractivity contribution < 1.29 is 4.79 Å². The molecule has 3 rings (SSSR count). The van der Waals surface area contributed by atoms with E-state index in [2.05, 4.69) is 34.5 Å². The lowest BCUT2D eigenvalue weighted by molar-refractivity contribution is -0.130. The van der Waals surface area contributed by atoms with Crippen LogP contribution in [0.5, 0.6) is 0 Å². The maximum atomic E-state index is 12.4. The predicted octanol–water partition coefficient (Wildman–Crippen LogP) is 1.35. The Kier molecular flexibility index (Phi) is 5.39. The molecule has 0 unspecified atom stereocenters. The molecule has 2 aliphatic heterocycles. The van der Waals surface area contributed by atoms with Gasteiger partial charge in [0.1, 0.15) is 5.82 Å². The van der Waals surface area contributed by atoms with Gasteiger partial charge in [-0.25, -0.2) is 4.98 Å². The third-order valence-corrected chi connectivity index (χ3v) is 5.75. The van der Waals surface area contributed by atoms with Crippen molar-refractivity contribution in [2.45, 2.75) is 31.3 Å². The van der Waals surface area contributed by atoms with E-state index in [9.17, 15) is 4.79 Å². The van der Waals surface area contributed by atoms with Gasteiger partial charge >= 0.3 is 0 Å². The van der Waals surface area contributed by atoms with Gasteiger partial charge in [-0.05, 0) is 26.0 Å². The summed E-state index contributed by atoms with van der Waals surface area (Å²) in [4.78, 5) is 23.4. The molecule has 0 aromatic carbocycles. The summed E-state index contributed by atoms with van der Waals surface area (Å²) in [5.41, 5.74) is 7.16. The number of piperazine rings is 1. The number of hydrogen-bond donors (Lipinski definition) is 1. The fraction of sp³-hybridized carbons (Fsp3) is 0.579. The predicted molar refractivity (Wildman–Crippen MR) is 99.9 cm³/mol. The van der Waals surface area contributed by atoms with Gasteiger partial charge in [0.15, 0.2) is 0 Å². The molecule has 136 valence electrons. The minimum Gasteiger partial charge on any atom is -0.383 e. The second-order valence-electron chi connectivity index (χ2n) is 7.28. The highest BCUT2D eigenvalue weighted by molar-refractivity contribution is 5.76. The van der Waals surface area contributed by atoms with Crippen molar-refractivity contribution in [2.24, 2.45) is 0 Å². The summed E-state index contributed by atoms with van der Waals surface area (Å²) < 4.78 is 0. The molecule has 1 atom stereocenters. The fourth-order valence-corrected chi connectivity index (χ4v) is 4.08. The summed E-state index contributed by atoms with van der Waals surface area (Å²) in [6.45, 7) is 9.03. The number of amides is 1. The van der Waals surface area contributed by atoms with Crippen LogP contribution in [-0.2, 0) is 11.3 Å². The van der Waals surface area contributed by atoms with Gasteiger partial charge in [0, 0.05) is 63.0 Å². The van der Waals surface area contributed by atoms with Gasteiger partial charge < -0.3 is 10.6 Å². The van der Waals surface area contributed by atoms with Gasteiger partial charge in [-0.1, -0.05) is 12.1 Å². The Labute approximate surface area is 150 Å². The molecule has 1 aromatic rings. The quantitative estimate of drug-likeness (QED) is 0.836. The van der Waals surface area contributed by atoms with Crippen molar-refractivity contribution in [3.8, 4) is 0 Å². The van der Waals surface area contributed by atoms with E-state index in [-0.39, 0.29) is 11.4 Å². The van der Waals surface area contributed by atoms with Crippen LogP contribution in [0.2, 0.25) is 0 Å². The normalized spacial score (nSPS) is 26.0. The zero-order valence-electron chi connectivity index (χ0n) is 15.2. The molecule has 0 bridgehead atoms. The lowest BCUT2D eigenvalue weighted by Gasteiger charge is -2.49. The summed E-state index contributed by atoms with van der Waals surface area (Å²) in [6, 6.07) is 3.99. The Morgan fingerprint density at radius 1 is 1.36 bits per heavy atom. The first kappa shape index (κ1) is 17.9. The Hall–Kier alpha value is -1.92. The molecule has 25 heavy (non-hydrogen) atoms. The zero-order valence-corrected chi connectivity index (χ0v) is 15.2. The minimum absolute atomic E-state index is 0.0564. The molecular weight excluding hydrogens is 314 g/mol. The van der Waals surface area contributed by atoms with E-state index in [0.717, 1.165) is 51.1 Å². The standard InChI is InChI=1S/C19H29N5O/c1-3-10-24-11-8-19(7-6-17(24)25)15-23(13-12-22(19)2)14-16-5-4-9-21-18(16)20/h3-5,9H,1,6-8,10-15H2,2H3,(H2,20,21)/t19-/m0/s1.